The van der Waals surface area contributed by atoms with Crippen LogP contribution in [0.3, 0.4) is 0 Å². The zero-order valence-corrected chi connectivity index (χ0v) is 15.9. The molecule has 1 amide bonds. The zero-order valence-electron chi connectivity index (χ0n) is 15.1. The molecule has 26 heavy (non-hydrogen) atoms. The molecule has 0 aliphatic heterocycles. The number of aromatic hydroxyl groups is 1. The van der Waals surface area contributed by atoms with Gasteiger partial charge in [0.05, 0.1) is 5.41 Å². The summed E-state index contributed by atoms with van der Waals surface area (Å²) in [5.41, 5.74) is 1.30. The number of nitrogens with zero attached hydrogens (tertiary/aromatic N) is 1. The first kappa shape index (κ1) is 18.1. The van der Waals surface area contributed by atoms with E-state index in [4.69, 9.17) is 0 Å². The van der Waals surface area contributed by atoms with Gasteiger partial charge in [-0.3, -0.25) is 4.79 Å². The number of benzene rings is 2. The molecule has 1 atom stereocenters. The third kappa shape index (κ3) is 3.78. The summed E-state index contributed by atoms with van der Waals surface area (Å²) in [7, 11) is 0. The van der Waals surface area contributed by atoms with Crippen molar-refractivity contribution in [1.29, 1.82) is 0 Å². The summed E-state index contributed by atoms with van der Waals surface area (Å²) < 4.78 is 0. The number of carbonyl (C=O) groups excluding carboxylic acids is 1. The van der Waals surface area contributed by atoms with Crippen molar-refractivity contribution in [3.05, 3.63) is 76.8 Å². The molecule has 1 aromatic heterocycles. The summed E-state index contributed by atoms with van der Waals surface area (Å²) >= 11 is 1.46. The second-order valence-electron chi connectivity index (χ2n) is 6.89. The fourth-order valence-corrected chi connectivity index (χ4v) is 3.80. The van der Waals surface area contributed by atoms with Crippen molar-refractivity contribution >= 4 is 22.4 Å². The summed E-state index contributed by atoms with van der Waals surface area (Å²) in [6.07, 6.45) is 1.75. The van der Waals surface area contributed by atoms with Gasteiger partial charge >= 0.3 is 0 Å². The number of aromatic nitrogens is 1. The van der Waals surface area contributed by atoms with E-state index in [0.717, 1.165) is 16.0 Å². The highest BCUT2D eigenvalue weighted by Crippen LogP contribution is 2.42. The van der Waals surface area contributed by atoms with E-state index in [-0.39, 0.29) is 17.6 Å². The number of rotatable bonds is 5. The van der Waals surface area contributed by atoms with E-state index in [2.05, 4.69) is 10.3 Å². The van der Waals surface area contributed by atoms with Crippen LogP contribution in [0.5, 0.6) is 5.75 Å². The summed E-state index contributed by atoms with van der Waals surface area (Å²) in [6.45, 7) is 5.84. The van der Waals surface area contributed by atoms with Crippen molar-refractivity contribution < 1.29 is 9.90 Å². The Morgan fingerprint density at radius 1 is 1.08 bits per heavy atom. The van der Waals surface area contributed by atoms with Gasteiger partial charge in [0.15, 0.2) is 5.13 Å². The Balaban J connectivity index is 1.99. The average molecular weight is 366 g/mol. The van der Waals surface area contributed by atoms with Crippen molar-refractivity contribution in [1.82, 2.24) is 4.98 Å². The van der Waals surface area contributed by atoms with Crippen LogP contribution in [0, 0.1) is 12.3 Å². The van der Waals surface area contributed by atoms with Crippen molar-refractivity contribution in [3.63, 3.8) is 0 Å². The van der Waals surface area contributed by atoms with Crippen LogP contribution in [0.1, 0.15) is 35.8 Å². The minimum Gasteiger partial charge on any atom is -0.508 e. The number of hydrogen-bond donors (Lipinski definition) is 2. The highest BCUT2D eigenvalue weighted by molar-refractivity contribution is 7.15. The van der Waals surface area contributed by atoms with E-state index in [1.54, 1.807) is 18.3 Å². The normalized spacial score (nSPS) is 12.6. The molecule has 0 aliphatic carbocycles. The molecule has 5 heteroatoms. The van der Waals surface area contributed by atoms with Crippen LogP contribution in [0.2, 0.25) is 0 Å². The van der Waals surface area contributed by atoms with Gasteiger partial charge in [-0.25, -0.2) is 4.98 Å². The number of phenolic OH excluding ortho intramolecular Hbond substituents is 1. The molecule has 0 fully saturated rings. The molecule has 3 rings (SSSR count). The Kier molecular flexibility index (Phi) is 5.09. The van der Waals surface area contributed by atoms with Crippen LogP contribution in [-0.4, -0.2) is 16.0 Å². The molecule has 0 bridgehead atoms. The highest BCUT2D eigenvalue weighted by atomic mass is 32.1. The number of aryl methyl sites for hydroxylation is 1. The number of nitrogens with one attached hydrogen (secondary N) is 1. The smallest absolute Gasteiger partial charge is 0.232 e. The van der Waals surface area contributed by atoms with Gasteiger partial charge in [-0.15, -0.1) is 11.3 Å². The lowest BCUT2D eigenvalue weighted by Gasteiger charge is -2.33. The third-order valence-electron chi connectivity index (χ3n) is 4.51. The van der Waals surface area contributed by atoms with Crippen LogP contribution in [0.15, 0.2) is 60.8 Å². The van der Waals surface area contributed by atoms with Crippen molar-refractivity contribution in [2.45, 2.75) is 26.7 Å². The number of phenols is 1. The zero-order chi connectivity index (χ0) is 18.7. The maximum Gasteiger partial charge on any atom is 0.232 e. The first-order valence-corrected chi connectivity index (χ1v) is 9.27. The Morgan fingerprint density at radius 2 is 1.69 bits per heavy atom. The molecule has 2 N–H and O–H groups in total. The molecule has 0 aliphatic rings. The quantitative estimate of drug-likeness (QED) is 0.671. The van der Waals surface area contributed by atoms with E-state index in [1.807, 2.05) is 63.2 Å². The lowest BCUT2D eigenvalue weighted by atomic mass is 9.70. The molecule has 0 unspecified atom stereocenters. The predicted molar refractivity (Wildman–Crippen MR) is 106 cm³/mol. The molecule has 3 aromatic rings. The van der Waals surface area contributed by atoms with E-state index < -0.39 is 5.41 Å². The molecule has 0 spiro atoms. The van der Waals surface area contributed by atoms with E-state index in [9.17, 15) is 9.90 Å². The van der Waals surface area contributed by atoms with Crippen LogP contribution < -0.4 is 5.32 Å². The summed E-state index contributed by atoms with van der Waals surface area (Å²) in [6, 6.07) is 17.0. The minimum atomic E-state index is -0.724. The summed E-state index contributed by atoms with van der Waals surface area (Å²) in [4.78, 5) is 18.4. The predicted octanol–water partition coefficient (Wildman–Crippen LogP) is 4.95. The number of hydrogen-bond acceptors (Lipinski definition) is 4. The van der Waals surface area contributed by atoms with Gasteiger partial charge in [0, 0.05) is 17.0 Å². The van der Waals surface area contributed by atoms with Gasteiger partial charge in [0.25, 0.3) is 0 Å². The highest BCUT2D eigenvalue weighted by Gasteiger charge is 2.39. The van der Waals surface area contributed by atoms with Crippen LogP contribution in [-0.2, 0) is 4.79 Å². The SMILES string of the molecule is Cc1cnc(NC(=O)C(C)(C)[C@H](c2ccccc2)c2ccc(O)cc2)s1. The Bertz CT molecular complexity index is 886. The van der Waals surface area contributed by atoms with E-state index in [0.29, 0.717) is 5.13 Å². The fraction of sp³-hybridized carbons (Fsp3) is 0.238. The van der Waals surface area contributed by atoms with Crippen molar-refractivity contribution in [2.75, 3.05) is 5.32 Å². The van der Waals surface area contributed by atoms with Gasteiger partial charge in [0.2, 0.25) is 5.91 Å². The number of thiazole rings is 1. The van der Waals surface area contributed by atoms with Crippen LogP contribution in [0.25, 0.3) is 0 Å². The number of anilines is 1. The number of carbonyl (C=O) groups is 1. The maximum absolute atomic E-state index is 13.1. The van der Waals surface area contributed by atoms with E-state index in [1.165, 1.54) is 11.3 Å². The van der Waals surface area contributed by atoms with Gasteiger partial charge in [-0.05, 0) is 30.2 Å². The molecular formula is C21H22N2O2S. The van der Waals surface area contributed by atoms with E-state index >= 15 is 0 Å². The second kappa shape index (κ2) is 7.30. The standard InChI is InChI=1S/C21H22N2O2S/c1-14-13-22-20(26-14)23-19(25)21(2,3)18(15-7-5-4-6-8-15)16-9-11-17(24)12-10-16/h4-13,18,24H,1-3H3,(H,22,23,25)/t18-/m1/s1. The molecule has 0 saturated heterocycles. The minimum absolute atomic E-state index is 0.0891. The number of amides is 1. The van der Waals surface area contributed by atoms with Gasteiger partial charge in [-0.2, -0.15) is 0 Å². The lowest BCUT2D eigenvalue weighted by molar-refractivity contribution is -0.124. The molecule has 1 heterocycles. The average Bonchev–Trinajstić information content (AvgIpc) is 3.02. The molecule has 0 saturated carbocycles. The maximum atomic E-state index is 13.1. The monoisotopic (exact) mass is 366 g/mol. The lowest BCUT2D eigenvalue weighted by Crippen LogP contribution is -2.37. The topological polar surface area (TPSA) is 62.2 Å². The molecule has 4 nitrogen and oxygen atoms in total. The van der Waals surface area contributed by atoms with Crippen LogP contribution >= 0.6 is 11.3 Å². The molecular weight excluding hydrogens is 344 g/mol. The summed E-state index contributed by atoms with van der Waals surface area (Å²) in [5, 5.41) is 13.2. The first-order chi connectivity index (χ1) is 12.4. The molecule has 134 valence electrons. The second-order valence-corrected chi connectivity index (χ2v) is 8.12. The van der Waals surface area contributed by atoms with Crippen molar-refractivity contribution in [2.24, 2.45) is 5.41 Å². The van der Waals surface area contributed by atoms with Gasteiger partial charge in [-0.1, -0.05) is 56.3 Å². The Hall–Kier alpha value is -2.66. The first-order valence-electron chi connectivity index (χ1n) is 8.45. The fourth-order valence-electron chi connectivity index (χ4n) is 3.14. The Morgan fingerprint density at radius 3 is 2.27 bits per heavy atom. The summed E-state index contributed by atoms with van der Waals surface area (Å²) in [5.74, 6) is -0.0415. The third-order valence-corrected chi connectivity index (χ3v) is 5.34. The van der Waals surface area contributed by atoms with Gasteiger partial charge in [0.1, 0.15) is 5.75 Å². The molecule has 0 radical (unpaired) electrons. The molecule has 2 aromatic carbocycles. The largest absolute Gasteiger partial charge is 0.508 e. The Labute approximate surface area is 157 Å². The van der Waals surface area contributed by atoms with Crippen LogP contribution in [0.4, 0.5) is 5.13 Å². The van der Waals surface area contributed by atoms with Gasteiger partial charge < -0.3 is 10.4 Å². The van der Waals surface area contributed by atoms with Crippen molar-refractivity contribution in [3.8, 4) is 5.75 Å².